The summed E-state index contributed by atoms with van der Waals surface area (Å²) in [5, 5.41) is 2.82. The van der Waals surface area contributed by atoms with Crippen LogP contribution in [0.2, 0.25) is 0 Å². The van der Waals surface area contributed by atoms with Gasteiger partial charge in [-0.05, 0) is 17.7 Å². The molecule has 5 nitrogen and oxygen atoms in total. The van der Waals surface area contributed by atoms with E-state index in [0.29, 0.717) is 21.7 Å². The molecule has 1 aliphatic heterocycles. The first-order chi connectivity index (χ1) is 12.8. The molecular formula is C20H12N2O3S. The van der Waals surface area contributed by atoms with Crippen molar-refractivity contribution < 1.29 is 9.21 Å². The quantitative estimate of drug-likeness (QED) is 0.542. The number of fused-ring (bicyclic) bond motifs is 2. The van der Waals surface area contributed by atoms with Crippen molar-refractivity contribution in [3.8, 4) is 0 Å². The lowest BCUT2D eigenvalue weighted by atomic mass is 9.99. The summed E-state index contributed by atoms with van der Waals surface area (Å²) in [6, 6.07) is 15.9. The number of aromatic nitrogens is 1. The molecule has 1 atom stereocenters. The molecule has 2 aromatic heterocycles. The molecule has 6 heteroatoms. The number of para-hydroxylation sites is 1. The largest absolute Gasteiger partial charge is 0.450 e. The van der Waals surface area contributed by atoms with Crippen LogP contribution in [-0.4, -0.2) is 10.9 Å². The molecular weight excluding hydrogens is 348 g/mol. The highest BCUT2D eigenvalue weighted by Gasteiger charge is 2.44. The Balaban J connectivity index is 1.85. The van der Waals surface area contributed by atoms with Crippen LogP contribution in [0.1, 0.15) is 27.7 Å². The van der Waals surface area contributed by atoms with Gasteiger partial charge in [0.25, 0.3) is 5.91 Å². The first-order valence-electron chi connectivity index (χ1n) is 8.09. The Labute approximate surface area is 152 Å². The van der Waals surface area contributed by atoms with E-state index in [1.165, 1.54) is 11.3 Å². The van der Waals surface area contributed by atoms with Crippen molar-refractivity contribution in [1.82, 2.24) is 4.98 Å². The van der Waals surface area contributed by atoms with Gasteiger partial charge in [-0.2, -0.15) is 0 Å². The van der Waals surface area contributed by atoms with Crippen LogP contribution < -0.4 is 10.3 Å². The van der Waals surface area contributed by atoms with Crippen molar-refractivity contribution in [1.29, 1.82) is 0 Å². The molecule has 0 saturated heterocycles. The van der Waals surface area contributed by atoms with E-state index >= 15 is 0 Å². The molecule has 5 rings (SSSR count). The zero-order valence-electron chi connectivity index (χ0n) is 13.5. The van der Waals surface area contributed by atoms with Crippen molar-refractivity contribution in [3.05, 3.63) is 93.3 Å². The van der Waals surface area contributed by atoms with Crippen molar-refractivity contribution in [2.45, 2.75) is 6.04 Å². The van der Waals surface area contributed by atoms with Gasteiger partial charge in [0.1, 0.15) is 5.58 Å². The lowest BCUT2D eigenvalue weighted by Gasteiger charge is -2.22. The topological polar surface area (TPSA) is 63.4 Å². The summed E-state index contributed by atoms with van der Waals surface area (Å²) in [6.45, 7) is 0. The first-order valence-corrected chi connectivity index (χ1v) is 8.97. The molecule has 0 fully saturated rings. The van der Waals surface area contributed by atoms with Gasteiger partial charge < -0.3 is 4.42 Å². The van der Waals surface area contributed by atoms with Crippen LogP contribution in [-0.2, 0) is 0 Å². The number of rotatable bonds is 2. The fourth-order valence-electron chi connectivity index (χ4n) is 3.40. The highest BCUT2D eigenvalue weighted by molar-refractivity contribution is 7.13. The predicted molar refractivity (Wildman–Crippen MR) is 99.7 cm³/mol. The molecule has 3 heterocycles. The minimum Gasteiger partial charge on any atom is -0.450 e. The molecule has 1 amide bonds. The normalized spacial score (nSPS) is 16.2. The van der Waals surface area contributed by atoms with Crippen LogP contribution in [0.3, 0.4) is 0 Å². The molecule has 4 aromatic rings. The van der Waals surface area contributed by atoms with Gasteiger partial charge in [-0.3, -0.25) is 14.5 Å². The number of hydrogen-bond acceptors (Lipinski definition) is 5. The van der Waals surface area contributed by atoms with Crippen LogP contribution in [0.5, 0.6) is 0 Å². The number of carbonyl (C=O) groups excluding carboxylic acids is 1. The molecule has 126 valence electrons. The Morgan fingerprint density at radius 2 is 1.77 bits per heavy atom. The molecule has 0 bridgehead atoms. The van der Waals surface area contributed by atoms with Gasteiger partial charge in [0.15, 0.2) is 10.6 Å². The van der Waals surface area contributed by atoms with E-state index in [9.17, 15) is 9.59 Å². The number of amides is 1. The van der Waals surface area contributed by atoms with Crippen molar-refractivity contribution in [3.63, 3.8) is 0 Å². The molecule has 0 aliphatic carbocycles. The van der Waals surface area contributed by atoms with E-state index in [1.54, 1.807) is 40.7 Å². The Hall–Kier alpha value is -3.25. The third-order valence-electron chi connectivity index (χ3n) is 4.52. The van der Waals surface area contributed by atoms with Crippen LogP contribution in [0.4, 0.5) is 5.13 Å². The monoisotopic (exact) mass is 360 g/mol. The summed E-state index contributed by atoms with van der Waals surface area (Å²) in [5.74, 6) is -0.246. The predicted octanol–water partition coefficient (Wildman–Crippen LogP) is 4.00. The number of anilines is 1. The lowest BCUT2D eigenvalue weighted by Crippen LogP contribution is -2.29. The minimum absolute atomic E-state index is 0.0951. The highest BCUT2D eigenvalue weighted by atomic mass is 32.1. The average Bonchev–Trinajstić information content (AvgIpc) is 3.30. The second-order valence-electron chi connectivity index (χ2n) is 5.97. The number of nitrogens with zero attached hydrogens (tertiary/aromatic N) is 2. The Kier molecular flexibility index (Phi) is 3.26. The molecule has 0 unspecified atom stereocenters. The zero-order chi connectivity index (χ0) is 17.7. The number of carbonyl (C=O) groups is 1. The van der Waals surface area contributed by atoms with Gasteiger partial charge in [0.05, 0.1) is 17.0 Å². The summed E-state index contributed by atoms with van der Waals surface area (Å²) in [6.07, 6.45) is 1.64. The van der Waals surface area contributed by atoms with E-state index < -0.39 is 6.04 Å². The summed E-state index contributed by atoms with van der Waals surface area (Å²) < 4.78 is 5.86. The summed E-state index contributed by atoms with van der Waals surface area (Å²) in [7, 11) is 0. The maximum atomic E-state index is 13.2. The standard InChI is InChI=1S/C20H12N2O3S/c23-17-13-8-4-5-9-14(13)25-18-15(17)16(12-6-2-1-3-7-12)22(19(18)24)20-21-10-11-26-20/h1-11,16H/t16-/m0/s1. The molecule has 1 aliphatic rings. The van der Waals surface area contributed by atoms with Gasteiger partial charge in [-0.15, -0.1) is 11.3 Å². The van der Waals surface area contributed by atoms with Gasteiger partial charge in [-0.1, -0.05) is 42.5 Å². The first kappa shape index (κ1) is 15.0. The SMILES string of the molecule is O=C1c2oc3ccccc3c(=O)c2[C@H](c2ccccc2)N1c1nccs1. The second-order valence-corrected chi connectivity index (χ2v) is 6.85. The Morgan fingerprint density at radius 3 is 2.54 bits per heavy atom. The van der Waals surface area contributed by atoms with Crippen molar-refractivity contribution >= 4 is 33.3 Å². The summed E-state index contributed by atoms with van der Waals surface area (Å²) in [5.41, 5.74) is 1.45. The van der Waals surface area contributed by atoms with Gasteiger partial charge in [-0.25, -0.2) is 4.98 Å². The third kappa shape index (κ3) is 2.06. The highest BCUT2D eigenvalue weighted by Crippen LogP contribution is 2.41. The maximum absolute atomic E-state index is 13.2. The molecule has 0 saturated carbocycles. The average molecular weight is 360 g/mol. The van der Waals surface area contributed by atoms with Crippen molar-refractivity contribution in [2.24, 2.45) is 0 Å². The fraction of sp³-hybridized carbons (Fsp3) is 0.0500. The van der Waals surface area contributed by atoms with E-state index in [-0.39, 0.29) is 17.1 Å². The van der Waals surface area contributed by atoms with Crippen LogP contribution in [0.25, 0.3) is 11.0 Å². The third-order valence-corrected chi connectivity index (χ3v) is 5.29. The summed E-state index contributed by atoms with van der Waals surface area (Å²) in [4.78, 5) is 32.2. The Morgan fingerprint density at radius 1 is 1.00 bits per heavy atom. The van der Waals surface area contributed by atoms with E-state index in [1.807, 2.05) is 30.3 Å². The second kappa shape index (κ2) is 5.64. The lowest BCUT2D eigenvalue weighted by molar-refractivity contribution is 0.0971. The summed E-state index contributed by atoms with van der Waals surface area (Å²) >= 11 is 1.35. The van der Waals surface area contributed by atoms with Gasteiger partial charge in [0, 0.05) is 11.6 Å². The zero-order valence-corrected chi connectivity index (χ0v) is 14.3. The smallest absolute Gasteiger partial charge is 0.297 e. The van der Waals surface area contributed by atoms with Crippen LogP contribution in [0.15, 0.2) is 75.4 Å². The molecule has 0 spiro atoms. The molecule has 2 aromatic carbocycles. The fourth-order valence-corrected chi connectivity index (χ4v) is 4.07. The number of hydrogen-bond donors (Lipinski definition) is 0. The Bertz CT molecular complexity index is 1180. The maximum Gasteiger partial charge on any atom is 0.297 e. The van der Waals surface area contributed by atoms with E-state index in [4.69, 9.17) is 4.42 Å². The van der Waals surface area contributed by atoms with Crippen molar-refractivity contribution in [2.75, 3.05) is 4.90 Å². The number of benzene rings is 2. The number of thiazole rings is 1. The van der Waals surface area contributed by atoms with Gasteiger partial charge >= 0.3 is 0 Å². The van der Waals surface area contributed by atoms with Crippen LogP contribution >= 0.6 is 11.3 Å². The van der Waals surface area contributed by atoms with E-state index in [0.717, 1.165) is 5.56 Å². The van der Waals surface area contributed by atoms with Gasteiger partial charge in [0.2, 0.25) is 5.76 Å². The molecule has 0 radical (unpaired) electrons. The van der Waals surface area contributed by atoms with Crippen LogP contribution in [0, 0.1) is 0 Å². The minimum atomic E-state index is -0.550. The molecule has 26 heavy (non-hydrogen) atoms. The molecule has 0 N–H and O–H groups in total. The van der Waals surface area contributed by atoms with E-state index in [2.05, 4.69) is 4.98 Å².